The lowest BCUT2D eigenvalue weighted by Gasteiger charge is -2.28. The molecule has 0 aromatic rings. The third-order valence-corrected chi connectivity index (χ3v) is 5.45. The van der Waals surface area contributed by atoms with Gasteiger partial charge in [-0.1, -0.05) is 51.8 Å². The molecule has 2 amide bonds. The van der Waals surface area contributed by atoms with E-state index in [1.54, 1.807) is 0 Å². The summed E-state index contributed by atoms with van der Waals surface area (Å²) in [6.45, 7) is 5.32. The predicted octanol–water partition coefficient (Wildman–Crippen LogP) is 1.62. The van der Waals surface area contributed by atoms with Crippen LogP contribution in [0.4, 0.5) is 0 Å². The summed E-state index contributed by atoms with van der Waals surface area (Å²) in [6.07, 6.45) is 3.37. The van der Waals surface area contributed by atoms with Crippen molar-refractivity contribution in [1.29, 1.82) is 0 Å². The molecule has 0 aliphatic carbocycles. The topological polar surface area (TPSA) is 142 Å². The van der Waals surface area contributed by atoms with Crippen molar-refractivity contribution in [3.05, 3.63) is 0 Å². The van der Waals surface area contributed by atoms with Gasteiger partial charge in [0.1, 0.15) is 6.10 Å². The number of nitrogens with one attached hydrogen (secondary N) is 2. The van der Waals surface area contributed by atoms with Crippen LogP contribution in [0, 0.1) is 5.41 Å². The Morgan fingerprint density at radius 3 is 2.41 bits per heavy atom. The maximum absolute atomic E-state index is 12.0. The first kappa shape index (κ1) is 28.1. The normalized spacial score (nSPS) is 13.6. The van der Waals surface area contributed by atoms with Gasteiger partial charge in [-0.25, -0.2) is 0 Å². The van der Waals surface area contributed by atoms with Crippen molar-refractivity contribution < 1.29 is 33.5 Å². The monoisotopic (exact) mass is 454 g/mol. The van der Waals surface area contributed by atoms with Gasteiger partial charge in [-0.15, -0.1) is 0 Å². The molecule has 9 nitrogen and oxygen atoms in total. The second-order valence-electron chi connectivity index (χ2n) is 7.37. The number of amides is 2. The number of aliphatic hydroxyl groups is 1. The number of carbonyl (C=O) groups is 3. The van der Waals surface area contributed by atoms with E-state index in [1.165, 1.54) is 25.6 Å². The van der Waals surface area contributed by atoms with Gasteiger partial charge in [0.2, 0.25) is 11.8 Å². The Hall–Kier alpha value is -0.930. The second-order valence-corrected chi connectivity index (χ2v) is 9.34. The first-order chi connectivity index (χ1) is 13.6. The van der Waals surface area contributed by atoms with Crippen LogP contribution in [0.3, 0.4) is 0 Å². The molecule has 4 N–H and O–H groups in total. The maximum atomic E-state index is 12.0. The van der Waals surface area contributed by atoms with Gasteiger partial charge < -0.3 is 25.2 Å². The summed E-state index contributed by atoms with van der Waals surface area (Å²) in [5, 5.41) is 15.3. The molecule has 0 aliphatic rings. The Labute approximate surface area is 177 Å². The van der Waals surface area contributed by atoms with Crippen LogP contribution in [0.1, 0.15) is 59.3 Å². The summed E-state index contributed by atoms with van der Waals surface area (Å²) in [5.41, 5.74) is -1.06. The van der Waals surface area contributed by atoms with Crippen LogP contribution >= 0.6 is 20.0 Å². The maximum Gasteiger partial charge on any atom is 0.316 e. The highest BCUT2D eigenvalue weighted by atomic mass is 32.2. The first-order valence-corrected chi connectivity index (χ1v) is 12.1. The molecule has 29 heavy (non-hydrogen) atoms. The molecule has 0 spiro atoms. The van der Waals surface area contributed by atoms with Crippen LogP contribution in [0.2, 0.25) is 0 Å². The molecule has 1 unspecified atom stereocenters. The third-order valence-electron chi connectivity index (χ3n) is 4.13. The minimum absolute atomic E-state index is 0.0371. The summed E-state index contributed by atoms with van der Waals surface area (Å²) >= 11 is 1.21. The number of thioether (sulfide) groups is 1. The fraction of sp³-hybridized carbons (Fsp3) is 0.833. The average Bonchev–Trinajstić information content (AvgIpc) is 2.66. The molecular weight excluding hydrogens is 419 g/mol. The number of unbranched alkanes of at least 4 members (excludes halogenated alkanes) is 3. The molecule has 170 valence electrons. The quantitative estimate of drug-likeness (QED) is 0.204. The average molecular weight is 455 g/mol. The van der Waals surface area contributed by atoms with E-state index in [0.717, 1.165) is 25.7 Å². The molecule has 0 heterocycles. The van der Waals surface area contributed by atoms with Crippen molar-refractivity contribution in [1.82, 2.24) is 10.6 Å². The van der Waals surface area contributed by atoms with E-state index in [1.807, 2.05) is 0 Å². The van der Waals surface area contributed by atoms with Gasteiger partial charge in [0, 0.05) is 37.1 Å². The molecule has 11 heteroatoms. The Morgan fingerprint density at radius 2 is 1.79 bits per heavy atom. The van der Waals surface area contributed by atoms with Crippen molar-refractivity contribution in [3.63, 3.8) is 0 Å². The minimum Gasteiger partial charge on any atom is -0.383 e. The molecule has 0 bridgehead atoms. The highest BCUT2D eigenvalue weighted by Gasteiger charge is 2.34. The fourth-order valence-corrected chi connectivity index (χ4v) is 3.51. The minimum atomic E-state index is -3.15. The van der Waals surface area contributed by atoms with Gasteiger partial charge in [0.25, 0.3) is 0 Å². The van der Waals surface area contributed by atoms with E-state index in [2.05, 4.69) is 22.1 Å². The zero-order valence-corrected chi connectivity index (χ0v) is 19.3. The van der Waals surface area contributed by atoms with Crippen LogP contribution in [-0.2, 0) is 23.5 Å². The molecule has 0 fully saturated rings. The number of rotatable bonds is 16. The van der Waals surface area contributed by atoms with E-state index in [9.17, 15) is 24.1 Å². The highest BCUT2D eigenvalue weighted by Crippen LogP contribution is 2.26. The van der Waals surface area contributed by atoms with E-state index in [-0.39, 0.29) is 30.6 Å². The van der Waals surface area contributed by atoms with Crippen LogP contribution in [0.5, 0.6) is 0 Å². The lowest BCUT2D eigenvalue weighted by Crippen LogP contribution is -2.46. The number of hydrogen-bond donors (Lipinski definition) is 4. The summed E-state index contributed by atoms with van der Waals surface area (Å²) in [6, 6.07) is 0. The molecule has 0 saturated heterocycles. The zero-order valence-electron chi connectivity index (χ0n) is 17.5. The SMILES string of the molecule is CCCCCCC(=O)SCCNC(=O)CCNC(=O)[C@H](O)C(C)(C)CO[PH](=O)O. The predicted molar refractivity (Wildman–Crippen MR) is 114 cm³/mol. The van der Waals surface area contributed by atoms with Gasteiger partial charge >= 0.3 is 8.25 Å². The fourth-order valence-electron chi connectivity index (χ4n) is 2.29. The highest BCUT2D eigenvalue weighted by molar-refractivity contribution is 8.13. The summed E-state index contributed by atoms with van der Waals surface area (Å²) in [7, 11) is -3.15. The molecule has 0 saturated carbocycles. The third kappa shape index (κ3) is 14.7. The second kappa shape index (κ2) is 15.8. The van der Waals surface area contributed by atoms with E-state index < -0.39 is 25.7 Å². The van der Waals surface area contributed by atoms with Gasteiger partial charge in [-0.05, 0) is 6.42 Å². The van der Waals surface area contributed by atoms with Gasteiger partial charge in [0.05, 0.1) is 6.61 Å². The standard InChI is InChI=1S/C18H35N2O7PS/c1-4-5-6-7-8-15(22)29-12-11-19-14(21)9-10-20-17(24)16(23)18(2,3)13-27-28(25)26/h16,23,28H,4-13H2,1-3H3,(H,19,21)(H,20,24)(H,25,26)/t16-/m0/s1. The molecular formula is C18H35N2O7PS. The zero-order chi connectivity index (χ0) is 22.3. The Bertz CT molecular complexity index is 546. The summed E-state index contributed by atoms with van der Waals surface area (Å²) in [4.78, 5) is 44.1. The molecule has 0 aromatic heterocycles. The van der Waals surface area contributed by atoms with E-state index >= 15 is 0 Å². The van der Waals surface area contributed by atoms with Gasteiger partial charge in [-0.3, -0.25) is 18.9 Å². The van der Waals surface area contributed by atoms with Crippen molar-refractivity contribution >= 4 is 36.9 Å². The molecule has 0 rings (SSSR count). The lowest BCUT2D eigenvalue weighted by molar-refractivity contribution is -0.136. The number of hydrogen-bond acceptors (Lipinski definition) is 7. The summed E-state index contributed by atoms with van der Waals surface area (Å²) in [5.74, 6) is -0.448. The smallest absolute Gasteiger partial charge is 0.316 e. The number of carbonyl (C=O) groups excluding carboxylic acids is 3. The van der Waals surface area contributed by atoms with E-state index in [0.29, 0.717) is 18.7 Å². The van der Waals surface area contributed by atoms with E-state index in [4.69, 9.17) is 4.89 Å². The lowest BCUT2D eigenvalue weighted by atomic mass is 9.87. The first-order valence-electron chi connectivity index (χ1n) is 9.84. The van der Waals surface area contributed by atoms with Crippen LogP contribution in [0.15, 0.2) is 0 Å². The largest absolute Gasteiger partial charge is 0.383 e. The molecule has 0 aromatic carbocycles. The van der Waals surface area contributed by atoms with Crippen LogP contribution in [-0.4, -0.2) is 58.5 Å². The molecule has 0 radical (unpaired) electrons. The van der Waals surface area contributed by atoms with Crippen molar-refractivity contribution in [2.45, 2.75) is 65.4 Å². The molecule has 2 atom stereocenters. The molecule has 0 aliphatic heterocycles. The number of aliphatic hydroxyl groups excluding tert-OH is 1. The van der Waals surface area contributed by atoms with Crippen LogP contribution in [0.25, 0.3) is 0 Å². The van der Waals surface area contributed by atoms with Gasteiger partial charge in [-0.2, -0.15) is 0 Å². The van der Waals surface area contributed by atoms with Gasteiger partial charge in [0.15, 0.2) is 5.12 Å². The van der Waals surface area contributed by atoms with Crippen molar-refractivity contribution in [3.8, 4) is 0 Å². The Kier molecular flexibility index (Phi) is 15.3. The Balaban J connectivity index is 3.91. The Morgan fingerprint density at radius 1 is 1.10 bits per heavy atom. The van der Waals surface area contributed by atoms with Crippen molar-refractivity contribution in [2.75, 3.05) is 25.4 Å². The van der Waals surface area contributed by atoms with Crippen molar-refractivity contribution in [2.24, 2.45) is 5.41 Å². The van der Waals surface area contributed by atoms with Crippen LogP contribution < -0.4 is 10.6 Å². The summed E-state index contributed by atoms with van der Waals surface area (Å²) < 4.78 is 15.2.